The molecule has 106 valence electrons. The molecule has 4 nitrogen and oxygen atoms in total. The minimum Gasteiger partial charge on any atom is -0.397 e. The number of rotatable bonds is 3. The van der Waals surface area contributed by atoms with Crippen LogP contribution in [-0.2, 0) is 10.0 Å². The normalized spacial score (nSPS) is 11.3. The Morgan fingerprint density at radius 3 is 2.30 bits per heavy atom. The first kappa shape index (κ1) is 15.3. The number of hydrogen-bond acceptors (Lipinski definition) is 3. The molecule has 0 heterocycles. The van der Waals surface area contributed by atoms with E-state index in [4.69, 9.17) is 40.5 Å². The summed E-state index contributed by atoms with van der Waals surface area (Å²) in [5.41, 5.74) is 6.16. The van der Waals surface area contributed by atoms with Crippen molar-refractivity contribution in [2.75, 3.05) is 10.5 Å². The second-order valence-electron chi connectivity index (χ2n) is 3.91. The molecule has 0 atom stereocenters. The molecule has 0 saturated heterocycles. The molecule has 0 aliphatic rings. The maximum Gasteiger partial charge on any atom is 0.262 e. The highest BCUT2D eigenvalue weighted by molar-refractivity contribution is 7.92. The Balaban J connectivity index is 2.40. The van der Waals surface area contributed by atoms with Crippen molar-refractivity contribution in [3.63, 3.8) is 0 Å². The Kier molecular flexibility index (Phi) is 4.34. The lowest BCUT2D eigenvalue weighted by atomic mass is 10.3. The van der Waals surface area contributed by atoms with E-state index in [1.807, 2.05) is 0 Å². The smallest absolute Gasteiger partial charge is 0.262 e. The van der Waals surface area contributed by atoms with Gasteiger partial charge in [-0.05, 0) is 36.4 Å². The van der Waals surface area contributed by atoms with Gasteiger partial charge in [0.05, 0.1) is 26.3 Å². The maximum absolute atomic E-state index is 12.2. The van der Waals surface area contributed by atoms with E-state index in [1.165, 1.54) is 30.3 Å². The van der Waals surface area contributed by atoms with Gasteiger partial charge in [0.15, 0.2) is 0 Å². The van der Waals surface area contributed by atoms with E-state index in [0.29, 0.717) is 5.02 Å². The third-order valence-electron chi connectivity index (χ3n) is 2.46. The quantitative estimate of drug-likeness (QED) is 0.820. The molecule has 2 rings (SSSR count). The van der Waals surface area contributed by atoms with Crippen molar-refractivity contribution in [3.8, 4) is 0 Å². The molecule has 8 heteroatoms. The largest absolute Gasteiger partial charge is 0.397 e. The maximum atomic E-state index is 12.2. The zero-order chi connectivity index (χ0) is 14.9. The monoisotopic (exact) mass is 350 g/mol. The molecule has 0 unspecified atom stereocenters. The topological polar surface area (TPSA) is 72.2 Å². The fraction of sp³-hybridized carbons (Fsp3) is 0. The van der Waals surface area contributed by atoms with E-state index in [2.05, 4.69) is 4.72 Å². The zero-order valence-corrected chi connectivity index (χ0v) is 13.0. The SMILES string of the molecule is Nc1ccc(Cl)cc1NS(=O)(=O)c1ccc(Cl)c(Cl)c1. The minimum absolute atomic E-state index is 0.0220. The second-order valence-corrected chi connectivity index (χ2v) is 6.85. The van der Waals surface area contributed by atoms with Crippen LogP contribution in [0, 0.1) is 0 Å². The summed E-state index contributed by atoms with van der Waals surface area (Å²) in [5, 5.41) is 0.785. The van der Waals surface area contributed by atoms with Gasteiger partial charge in [-0.3, -0.25) is 4.72 Å². The molecule has 0 aliphatic heterocycles. The standard InChI is InChI=1S/C12H9Cl3N2O2S/c13-7-1-4-11(16)12(5-7)17-20(18,19)8-2-3-9(14)10(15)6-8/h1-6,17H,16H2. The second kappa shape index (κ2) is 5.69. The van der Waals surface area contributed by atoms with Gasteiger partial charge in [-0.1, -0.05) is 34.8 Å². The summed E-state index contributed by atoms with van der Waals surface area (Å²) in [5.74, 6) is 0. The molecule has 0 radical (unpaired) electrons. The van der Waals surface area contributed by atoms with Crippen molar-refractivity contribution in [2.45, 2.75) is 4.90 Å². The van der Waals surface area contributed by atoms with Gasteiger partial charge >= 0.3 is 0 Å². The fourth-order valence-electron chi connectivity index (χ4n) is 1.46. The molecule has 0 spiro atoms. The number of nitrogen functional groups attached to an aromatic ring is 1. The lowest BCUT2D eigenvalue weighted by molar-refractivity contribution is 0.601. The van der Waals surface area contributed by atoms with Gasteiger partial charge in [0.25, 0.3) is 10.0 Å². The first-order valence-electron chi connectivity index (χ1n) is 5.32. The van der Waals surface area contributed by atoms with E-state index in [-0.39, 0.29) is 26.3 Å². The molecular weight excluding hydrogens is 343 g/mol. The van der Waals surface area contributed by atoms with Crippen molar-refractivity contribution in [3.05, 3.63) is 51.5 Å². The predicted octanol–water partition coefficient (Wildman–Crippen LogP) is 4.03. The van der Waals surface area contributed by atoms with Crippen molar-refractivity contribution in [2.24, 2.45) is 0 Å². The summed E-state index contributed by atoms with van der Waals surface area (Å²) >= 11 is 17.4. The molecule has 20 heavy (non-hydrogen) atoms. The highest BCUT2D eigenvalue weighted by Gasteiger charge is 2.17. The molecule has 0 bridgehead atoms. The van der Waals surface area contributed by atoms with Crippen molar-refractivity contribution in [1.82, 2.24) is 0 Å². The van der Waals surface area contributed by atoms with Crippen molar-refractivity contribution < 1.29 is 8.42 Å². The molecule has 0 fully saturated rings. The average Bonchev–Trinajstić information content (AvgIpc) is 2.36. The minimum atomic E-state index is -3.82. The lowest BCUT2D eigenvalue weighted by Gasteiger charge is -2.11. The summed E-state index contributed by atoms with van der Waals surface area (Å²) in [6.07, 6.45) is 0. The van der Waals surface area contributed by atoms with Crippen LogP contribution < -0.4 is 10.5 Å². The van der Waals surface area contributed by atoms with Gasteiger partial charge in [-0.25, -0.2) is 8.42 Å². The van der Waals surface area contributed by atoms with Crippen LogP contribution in [0.15, 0.2) is 41.3 Å². The van der Waals surface area contributed by atoms with Crippen LogP contribution in [-0.4, -0.2) is 8.42 Å². The summed E-state index contributed by atoms with van der Waals surface area (Å²) in [6.45, 7) is 0. The van der Waals surface area contributed by atoms with Crippen molar-refractivity contribution >= 4 is 56.2 Å². The van der Waals surface area contributed by atoms with Gasteiger partial charge in [-0.15, -0.1) is 0 Å². The van der Waals surface area contributed by atoms with E-state index in [1.54, 1.807) is 6.07 Å². The third kappa shape index (κ3) is 3.30. The zero-order valence-electron chi connectivity index (χ0n) is 9.90. The summed E-state index contributed by atoms with van der Waals surface area (Å²) < 4.78 is 26.8. The number of halogens is 3. The number of sulfonamides is 1. The molecule has 2 aromatic carbocycles. The summed E-state index contributed by atoms with van der Waals surface area (Å²) in [6, 6.07) is 8.50. The van der Waals surface area contributed by atoms with Crippen LogP contribution in [0.25, 0.3) is 0 Å². The number of nitrogens with two attached hydrogens (primary N) is 1. The Morgan fingerprint density at radius 2 is 1.65 bits per heavy atom. The van der Waals surface area contributed by atoms with Crippen LogP contribution in [0.2, 0.25) is 15.1 Å². The number of hydrogen-bond donors (Lipinski definition) is 2. The van der Waals surface area contributed by atoms with Gasteiger partial charge in [0.1, 0.15) is 0 Å². The van der Waals surface area contributed by atoms with Crippen LogP contribution >= 0.6 is 34.8 Å². The molecular formula is C12H9Cl3N2O2S. The van der Waals surface area contributed by atoms with Crippen LogP contribution in [0.4, 0.5) is 11.4 Å². The number of benzene rings is 2. The molecule has 0 aromatic heterocycles. The fourth-order valence-corrected chi connectivity index (χ4v) is 3.10. The molecule has 3 N–H and O–H groups in total. The number of nitrogens with one attached hydrogen (secondary N) is 1. The Bertz CT molecular complexity index is 763. The van der Waals surface area contributed by atoms with Crippen LogP contribution in [0.3, 0.4) is 0 Å². The van der Waals surface area contributed by atoms with Gasteiger partial charge < -0.3 is 5.73 Å². The number of anilines is 2. The Hall–Kier alpha value is -1.14. The van der Waals surface area contributed by atoms with Gasteiger partial charge in [0, 0.05) is 5.02 Å². The average molecular weight is 352 g/mol. The van der Waals surface area contributed by atoms with E-state index < -0.39 is 10.0 Å². The third-order valence-corrected chi connectivity index (χ3v) is 4.80. The molecule has 2 aromatic rings. The van der Waals surface area contributed by atoms with Crippen LogP contribution in [0.1, 0.15) is 0 Å². The first-order chi connectivity index (χ1) is 9.29. The lowest BCUT2D eigenvalue weighted by Crippen LogP contribution is -2.14. The van der Waals surface area contributed by atoms with E-state index >= 15 is 0 Å². The highest BCUT2D eigenvalue weighted by atomic mass is 35.5. The predicted molar refractivity (Wildman–Crippen MR) is 83.1 cm³/mol. The summed E-state index contributed by atoms with van der Waals surface area (Å²) in [7, 11) is -3.82. The van der Waals surface area contributed by atoms with Gasteiger partial charge in [0.2, 0.25) is 0 Å². The highest BCUT2D eigenvalue weighted by Crippen LogP contribution is 2.28. The molecule has 0 aliphatic carbocycles. The van der Waals surface area contributed by atoms with E-state index in [9.17, 15) is 8.42 Å². The van der Waals surface area contributed by atoms with Crippen molar-refractivity contribution in [1.29, 1.82) is 0 Å². The van der Waals surface area contributed by atoms with Crippen LogP contribution in [0.5, 0.6) is 0 Å². The van der Waals surface area contributed by atoms with Gasteiger partial charge in [-0.2, -0.15) is 0 Å². The van der Waals surface area contributed by atoms with E-state index in [0.717, 1.165) is 0 Å². The Labute approximate surface area is 131 Å². The molecule has 0 amide bonds. The Morgan fingerprint density at radius 1 is 0.950 bits per heavy atom. The molecule has 0 saturated carbocycles. The summed E-state index contributed by atoms with van der Waals surface area (Å²) in [4.78, 5) is -0.0220. The first-order valence-corrected chi connectivity index (χ1v) is 7.94.